The van der Waals surface area contributed by atoms with Gasteiger partial charge in [-0.15, -0.1) is 0 Å². The Labute approximate surface area is 73.4 Å². The van der Waals surface area contributed by atoms with Crippen LogP contribution in [0.3, 0.4) is 0 Å². The molecule has 0 bridgehead atoms. The second-order valence-corrected chi connectivity index (χ2v) is 2.93. The van der Waals surface area contributed by atoms with Crippen molar-refractivity contribution in [2.75, 3.05) is 0 Å². The summed E-state index contributed by atoms with van der Waals surface area (Å²) in [5.74, 6) is 0. The maximum Gasteiger partial charge on any atom is 0.125 e. The van der Waals surface area contributed by atoms with E-state index in [0.717, 1.165) is 17.5 Å². The molecule has 0 aliphatic carbocycles. The number of alkyl halides is 1. The molecular weight excluding hydrogens is 151 g/mol. The van der Waals surface area contributed by atoms with Crippen molar-refractivity contribution in [3.63, 3.8) is 0 Å². The third kappa shape index (κ3) is 1.84. The third-order valence-corrected chi connectivity index (χ3v) is 2.13. The molecule has 0 spiro atoms. The Morgan fingerprint density at radius 2 is 1.92 bits per heavy atom. The first kappa shape index (κ1) is 9.24. The number of hydrogen-bond donors (Lipinski definition) is 0. The van der Waals surface area contributed by atoms with E-state index >= 15 is 0 Å². The summed E-state index contributed by atoms with van der Waals surface area (Å²) < 4.78 is 13.3. The van der Waals surface area contributed by atoms with Crippen LogP contribution in [0.25, 0.3) is 0 Å². The van der Waals surface area contributed by atoms with Crippen molar-refractivity contribution in [1.29, 1.82) is 0 Å². The van der Waals surface area contributed by atoms with Gasteiger partial charge < -0.3 is 0 Å². The van der Waals surface area contributed by atoms with E-state index in [0.29, 0.717) is 6.42 Å². The van der Waals surface area contributed by atoms with Crippen LogP contribution in [0.5, 0.6) is 0 Å². The molecule has 0 N–H and O–H groups in total. The summed E-state index contributed by atoms with van der Waals surface area (Å²) in [6.45, 7) is 3.93. The smallest absolute Gasteiger partial charge is 0.125 e. The van der Waals surface area contributed by atoms with Gasteiger partial charge in [0.05, 0.1) is 0 Å². The quantitative estimate of drug-likeness (QED) is 0.642. The van der Waals surface area contributed by atoms with E-state index in [4.69, 9.17) is 0 Å². The van der Waals surface area contributed by atoms with Crippen LogP contribution in [0.2, 0.25) is 0 Å². The highest BCUT2D eigenvalue weighted by atomic mass is 19.1. The first-order chi connectivity index (χ1) is 5.79. The molecule has 0 nitrogen and oxygen atoms in total. The van der Waals surface area contributed by atoms with Gasteiger partial charge in [-0.05, 0) is 24.0 Å². The minimum absolute atomic E-state index is 0.566. The molecule has 1 rings (SSSR count). The fourth-order valence-corrected chi connectivity index (χ4v) is 1.38. The normalized spacial score (nSPS) is 12.9. The summed E-state index contributed by atoms with van der Waals surface area (Å²) in [7, 11) is 0. The van der Waals surface area contributed by atoms with Crippen LogP contribution in [-0.4, -0.2) is 0 Å². The van der Waals surface area contributed by atoms with E-state index in [1.807, 2.05) is 31.2 Å². The molecule has 0 saturated heterocycles. The van der Waals surface area contributed by atoms with E-state index in [-0.39, 0.29) is 0 Å². The molecular formula is C11H15F. The topological polar surface area (TPSA) is 0 Å². The number of halogens is 1. The molecule has 12 heavy (non-hydrogen) atoms. The molecule has 0 aromatic heterocycles. The summed E-state index contributed by atoms with van der Waals surface area (Å²) in [5, 5.41) is 0. The molecule has 1 unspecified atom stereocenters. The van der Waals surface area contributed by atoms with Crippen molar-refractivity contribution in [2.24, 2.45) is 0 Å². The summed E-state index contributed by atoms with van der Waals surface area (Å²) in [6, 6.07) is 7.74. The summed E-state index contributed by atoms with van der Waals surface area (Å²) in [5.41, 5.74) is 1.99. The second kappa shape index (κ2) is 4.24. The van der Waals surface area contributed by atoms with Gasteiger partial charge >= 0.3 is 0 Å². The number of hydrogen-bond acceptors (Lipinski definition) is 0. The Morgan fingerprint density at radius 3 is 2.50 bits per heavy atom. The molecule has 0 heterocycles. The van der Waals surface area contributed by atoms with Crippen LogP contribution >= 0.6 is 0 Å². The molecule has 66 valence electrons. The average molecular weight is 166 g/mol. The largest absolute Gasteiger partial charge is 0.242 e. The lowest BCUT2D eigenvalue weighted by molar-refractivity contribution is 0.333. The van der Waals surface area contributed by atoms with Gasteiger partial charge in [-0.2, -0.15) is 0 Å². The standard InChI is InChI=1S/C11H15F/c1-3-9-7-5-6-8-10(9)11(12)4-2/h5-8,11H,3-4H2,1-2H3. The van der Waals surface area contributed by atoms with E-state index in [1.165, 1.54) is 0 Å². The van der Waals surface area contributed by atoms with Crippen LogP contribution in [0.15, 0.2) is 24.3 Å². The predicted molar refractivity (Wildman–Crippen MR) is 50.0 cm³/mol. The number of benzene rings is 1. The van der Waals surface area contributed by atoms with Crippen LogP contribution in [-0.2, 0) is 6.42 Å². The lowest BCUT2D eigenvalue weighted by atomic mass is 10.0. The SMILES string of the molecule is CCc1ccccc1C(F)CC. The Balaban J connectivity index is 2.96. The van der Waals surface area contributed by atoms with Crippen molar-refractivity contribution in [3.05, 3.63) is 35.4 Å². The van der Waals surface area contributed by atoms with Crippen molar-refractivity contribution in [3.8, 4) is 0 Å². The van der Waals surface area contributed by atoms with E-state index in [1.54, 1.807) is 0 Å². The molecule has 0 radical (unpaired) electrons. The molecule has 0 amide bonds. The maximum absolute atomic E-state index is 13.3. The van der Waals surface area contributed by atoms with Crippen LogP contribution < -0.4 is 0 Å². The fraction of sp³-hybridized carbons (Fsp3) is 0.455. The molecule has 0 aliphatic rings. The lowest BCUT2D eigenvalue weighted by Gasteiger charge is -2.09. The van der Waals surface area contributed by atoms with Crippen molar-refractivity contribution >= 4 is 0 Å². The second-order valence-electron chi connectivity index (χ2n) is 2.93. The van der Waals surface area contributed by atoms with Gasteiger partial charge in [0, 0.05) is 0 Å². The van der Waals surface area contributed by atoms with E-state index in [9.17, 15) is 4.39 Å². The highest BCUT2D eigenvalue weighted by Crippen LogP contribution is 2.24. The molecule has 1 heteroatoms. The number of aryl methyl sites for hydroxylation is 1. The van der Waals surface area contributed by atoms with Gasteiger partial charge in [-0.3, -0.25) is 0 Å². The Hall–Kier alpha value is -0.850. The highest BCUT2D eigenvalue weighted by Gasteiger charge is 2.09. The summed E-state index contributed by atoms with van der Waals surface area (Å²) >= 11 is 0. The molecule has 0 aliphatic heterocycles. The number of rotatable bonds is 3. The fourth-order valence-electron chi connectivity index (χ4n) is 1.38. The molecule has 1 atom stereocenters. The van der Waals surface area contributed by atoms with E-state index < -0.39 is 6.17 Å². The van der Waals surface area contributed by atoms with E-state index in [2.05, 4.69) is 6.92 Å². The Kier molecular flexibility index (Phi) is 3.27. The van der Waals surface area contributed by atoms with Crippen LogP contribution in [0.1, 0.15) is 37.6 Å². The van der Waals surface area contributed by atoms with Crippen molar-refractivity contribution in [1.82, 2.24) is 0 Å². The van der Waals surface area contributed by atoms with Crippen molar-refractivity contribution in [2.45, 2.75) is 32.9 Å². The Morgan fingerprint density at radius 1 is 1.25 bits per heavy atom. The Bertz CT molecular complexity index is 243. The maximum atomic E-state index is 13.3. The highest BCUT2D eigenvalue weighted by molar-refractivity contribution is 5.28. The zero-order chi connectivity index (χ0) is 8.97. The summed E-state index contributed by atoms with van der Waals surface area (Å²) in [4.78, 5) is 0. The van der Waals surface area contributed by atoms with Crippen LogP contribution in [0, 0.1) is 0 Å². The predicted octanol–water partition coefficient (Wildman–Crippen LogP) is 3.67. The molecule has 0 saturated carbocycles. The first-order valence-electron chi connectivity index (χ1n) is 4.51. The van der Waals surface area contributed by atoms with Crippen LogP contribution in [0.4, 0.5) is 4.39 Å². The van der Waals surface area contributed by atoms with Gasteiger partial charge in [0.1, 0.15) is 6.17 Å². The van der Waals surface area contributed by atoms with Gasteiger partial charge in [-0.1, -0.05) is 38.1 Å². The molecule has 1 aromatic carbocycles. The minimum atomic E-state index is -0.791. The van der Waals surface area contributed by atoms with Gasteiger partial charge in [0.15, 0.2) is 0 Å². The van der Waals surface area contributed by atoms with Gasteiger partial charge in [0.25, 0.3) is 0 Å². The monoisotopic (exact) mass is 166 g/mol. The minimum Gasteiger partial charge on any atom is -0.242 e. The summed E-state index contributed by atoms with van der Waals surface area (Å²) in [6.07, 6.45) is 0.689. The first-order valence-corrected chi connectivity index (χ1v) is 4.51. The molecule has 0 fully saturated rings. The van der Waals surface area contributed by atoms with Gasteiger partial charge in [0.2, 0.25) is 0 Å². The zero-order valence-corrected chi connectivity index (χ0v) is 7.68. The zero-order valence-electron chi connectivity index (χ0n) is 7.68. The average Bonchev–Trinajstić information content (AvgIpc) is 2.16. The molecule has 1 aromatic rings. The van der Waals surface area contributed by atoms with Crippen molar-refractivity contribution < 1.29 is 4.39 Å². The van der Waals surface area contributed by atoms with Gasteiger partial charge in [-0.25, -0.2) is 4.39 Å². The third-order valence-electron chi connectivity index (χ3n) is 2.13. The lowest BCUT2D eigenvalue weighted by Crippen LogP contribution is -1.95.